The van der Waals surface area contributed by atoms with Gasteiger partial charge in [-0.05, 0) is 30.9 Å². The van der Waals surface area contributed by atoms with E-state index in [1.807, 2.05) is 11.0 Å². The number of amides is 1. The van der Waals surface area contributed by atoms with Crippen molar-refractivity contribution in [1.82, 2.24) is 9.21 Å². The number of nitrogens with zero attached hydrogens (tertiary/aromatic N) is 3. The van der Waals surface area contributed by atoms with Crippen LogP contribution in [-0.2, 0) is 14.8 Å². The first-order valence-electron chi connectivity index (χ1n) is 9.52. The topological polar surface area (TPSA) is 85.9 Å². The second-order valence-electron chi connectivity index (χ2n) is 7.50. The van der Waals surface area contributed by atoms with E-state index in [4.69, 9.17) is 0 Å². The van der Waals surface area contributed by atoms with Gasteiger partial charge < -0.3 is 9.80 Å². The van der Waals surface area contributed by atoms with Crippen LogP contribution in [0.25, 0.3) is 0 Å². The summed E-state index contributed by atoms with van der Waals surface area (Å²) in [5.41, 5.74) is 0.168. The molecule has 1 amide bonds. The van der Waals surface area contributed by atoms with Crippen LogP contribution < -0.4 is 4.90 Å². The summed E-state index contributed by atoms with van der Waals surface area (Å²) in [6.45, 7) is 6.24. The largest absolute Gasteiger partial charge is 0.338 e. The molecule has 2 aliphatic heterocycles. The zero-order chi connectivity index (χ0) is 19.4. The Bertz CT molecular complexity index is 818. The molecule has 0 atom stereocenters. The van der Waals surface area contributed by atoms with E-state index < -0.39 is 10.0 Å². The molecule has 2 heterocycles. The van der Waals surface area contributed by atoms with E-state index in [1.165, 1.54) is 16.4 Å². The molecule has 8 heteroatoms. The second kappa shape index (κ2) is 8.38. The minimum Gasteiger partial charge on any atom is -0.338 e. The number of quaternary nitrogens is 1. The molecule has 0 unspecified atom stereocenters. The molecule has 0 aromatic heterocycles. The second-order valence-corrected chi connectivity index (χ2v) is 9.41. The maximum atomic E-state index is 12.9. The van der Waals surface area contributed by atoms with Crippen LogP contribution in [0.2, 0.25) is 0 Å². The molecule has 0 aliphatic carbocycles. The molecule has 1 aromatic rings. The maximum absolute atomic E-state index is 12.9. The molecule has 146 valence electrons. The van der Waals surface area contributed by atoms with Crippen LogP contribution in [-0.4, -0.2) is 69.3 Å². The van der Waals surface area contributed by atoms with Crippen LogP contribution in [0.15, 0.2) is 29.2 Å². The van der Waals surface area contributed by atoms with Crippen molar-refractivity contribution in [3.63, 3.8) is 0 Å². The normalized spacial score (nSPS) is 20.4. The minimum absolute atomic E-state index is 0.0643. The lowest BCUT2D eigenvalue weighted by Gasteiger charge is -2.34. The first kappa shape index (κ1) is 19.8. The number of carbonyl (C=O) groups is 1. The summed E-state index contributed by atoms with van der Waals surface area (Å²) in [5, 5.41) is 9.18. The van der Waals surface area contributed by atoms with E-state index in [0.29, 0.717) is 38.6 Å². The molecule has 0 saturated carbocycles. The van der Waals surface area contributed by atoms with Gasteiger partial charge in [-0.1, -0.05) is 19.1 Å². The third kappa shape index (κ3) is 4.49. The van der Waals surface area contributed by atoms with Gasteiger partial charge in [0.2, 0.25) is 10.0 Å². The first-order valence-corrected chi connectivity index (χ1v) is 11.0. The molecular weight excluding hydrogens is 364 g/mol. The van der Waals surface area contributed by atoms with Crippen LogP contribution >= 0.6 is 0 Å². The number of hydrogen-bond acceptors (Lipinski definition) is 4. The summed E-state index contributed by atoms with van der Waals surface area (Å²) >= 11 is 0. The number of rotatable bonds is 4. The summed E-state index contributed by atoms with van der Waals surface area (Å²) < 4.78 is 27.2. The van der Waals surface area contributed by atoms with Crippen LogP contribution in [0.1, 0.15) is 25.3 Å². The van der Waals surface area contributed by atoms with Gasteiger partial charge in [0.1, 0.15) is 6.07 Å². The van der Waals surface area contributed by atoms with Gasteiger partial charge in [-0.2, -0.15) is 9.57 Å². The number of carbonyl (C=O) groups excluding carboxylic acids is 1. The van der Waals surface area contributed by atoms with Crippen molar-refractivity contribution < 1.29 is 18.1 Å². The summed E-state index contributed by atoms with van der Waals surface area (Å²) in [7, 11) is -3.68. The first-order chi connectivity index (χ1) is 12.9. The van der Waals surface area contributed by atoms with Gasteiger partial charge in [-0.15, -0.1) is 0 Å². The van der Waals surface area contributed by atoms with Gasteiger partial charge >= 0.3 is 0 Å². The highest BCUT2D eigenvalue weighted by Crippen LogP contribution is 2.19. The molecule has 0 spiro atoms. The van der Waals surface area contributed by atoms with Crippen LogP contribution in [0.5, 0.6) is 0 Å². The summed E-state index contributed by atoms with van der Waals surface area (Å²) in [6, 6.07) is 8.25. The Morgan fingerprint density at radius 3 is 2.44 bits per heavy atom. The Labute approximate surface area is 161 Å². The average molecular weight is 392 g/mol. The Kier molecular flexibility index (Phi) is 6.15. The van der Waals surface area contributed by atoms with E-state index in [2.05, 4.69) is 6.92 Å². The zero-order valence-electron chi connectivity index (χ0n) is 15.7. The van der Waals surface area contributed by atoms with Crippen molar-refractivity contribution in [3.8, 4) is 6.07 Å². The van der Waals surface area contributed by atoms with Crippen molar-refractivity contribution in [2.75, 3.05) is 45.8 Å². The number of piperazine rings is 1. The number of nitriles is 1. The molecule has 7 nitrogen and oxygen atoms in total. The third-order valence-electron chi connectivity index (χ3n) is 5.59. The fraction of sp³-hybridized carbons (Fsp3) is 0.579. The molecule has 2 aliphatic rings. The van der Waals surface area contributed by atoms with Gasteiger partial charge in [-0.25, -0.2) is 8.42 Å². The quantitative estimate of drug-likeness (QED) is 0.764. The van der Waals surface area contributed by atoms with Crippen molar-refractivity contribution in [2.45, 2.75) is 24.7 Å². The van der Waals surface area contributed by atoms with Crippen molar-refractivity contribution >= 4 is 15.9 Å². The van der Waals surface area contributed by atoms with Crippen molar-refractivity contribution in [2.24, 2.45) is 5.92 Å². The summed E-state index contributed by atoms with van der Waals surface area (Å²) in [5.74, 6) is 0.856. The van der Waals surface area contributed by atoms with Gasteiger partial charge in [0.25, 0.3) is 5.91 Å². The standard InChI is InChI=1S/C19H26N4O3S/c1-16-6-8-22(9-7-16)19(24)15-21-10-12-23(13-11-21)27(25,26)18-5-3-2-4-17(18)14-20/h2-5,16H,6-13,15H2,1H3/p+1. The van der Waals surface area contributed by atoms with E-state index >= 15 is 0 Å². The van der Waals surface area contributed by atoms with Crippen LogP contribution in [0, 0.1) is 17.2 Å². The lowest BCUT2D eigenvalue weighted by molar-refractivity contribution is -0.896. The summed E-state index contributed by atoms with van der Waals surface area (Å²) in [4.78, 5) is 15.6. The van der Waals surface area contributed by atoms with Gasteiger partial charge in [0, 0.05) is 13.1 Å². The molecule has 3 rings (SSSR count). The molecule has 27 heavy (non-hydrogen) atoms. The lowest BCUT2D eigenvalue weighted by atomic mass is 9.99. The van der Waals surface area contributed by atoms with Gasteiger partial charge in [-0.3, -0.25) is 4.79 Å². The van der Waals surface area contributed by atoms with Crippen molar-refractivity contribution in [3.05, 3.63) is 29.8 Å². The Hall–Kier alpha value is -1.95. The molecule has 2 fully saturated rings. The summed E-state index contributed by atoms with van der Waals surface area (Å²) in [6.07, 6.45) is 2.12. The zero-order valence-corrected chi connectivity index (χ0v) is 16.5. The van der Waals surface area contributed by atoms with E-state index in [0.717, 1.165) is 30.8 Å². The predicted octanol–water partition coefficient (Wildman–Crippen LogP) is -0.294. The molecule has 2 saturated heterocycles. The maximum Gasteiger partial charge on any atom is 0.277 e. The SMILES string of the molecule is CC1CCN(C(=O)C[NH+]2CCN(S(=O)(=O)c3ccccc3C#N)CC2)CC1. The predicted molar refractivity (Wildman–Crippen MR) is 100 cm³/mol. The fourth-order valence-electron chi connectivity index (χ4n) is 3.73. The Balaban J connectivity index is 1.57. The number of nitrogens with one attached hydrogen (secondary N) is 1. The monoisotopic (exact) mass is 391 g/mol. The van der Waals surface area contributed by atoms with Gasteiger partial charge in [0.15, 0.2) is 6.54 Å². The molecule has 0 bridgehead atoms. The molecule has 0 radical (unpaired) electrons. The number of benzene rings is 1. The third-order valence-corrected chi connectivity index (χ3v) is 7.55. The van der Waals surface area contributed by atoms with Crippen LogP contribution in [0.4, 0.5) is 0 Å². The highest BCUT2D eigenvalue weighted by molar-refractivity contribution is 7.89. The number of sulfonamides is 1. The lowest BCUT2D eigenvalue weighted by Crippen LogP contribution is -3.15. The Morgan fingerprint density at radius 1 is 1.19 bits per heavy atom. The van der Waals surface area contributed by atoms with E-state index in [-0.39, 0.29) is 16.4 Å². The highest BCUT2D eigenvalue weighted by atomic mass is 32.2. The van der Waals surface area contributed by atoms with Crippen molar-refractivity contribution in [1.29, 1.82) is 5.26 Å². The number of hydrogen-bond donors (Lipinski definition) is 1. The van der Waals surface area contributed by atoms with E-state index in [9.17, 15) is 18.5 Å². The molecular formula is C19H27N4O3S+. The molecule has 1 N–H and O–H groups in total. The smallest absolute Gasteiger partial charge is 0.277 e. The fourth-order valence-corrected chi connectivity index (χ4v) is 5.31. The molecule has 1 aromatic carbocycles. The number of likely N-dealkylation sites (tertiary alicyclic amines) is 1. The van der Waals surface area contributed by atoms with Crippen LogP contribution in [0.3, 0.4) is 0 Å². The minimum atomic E-state index is -3.68. The van der Waals surface area contributed by atoms with Gasteiger partial charge in [0.05, 0.1) is 36.6 Å². The number of piperidine rings is 1. The average Bonchev–Trinajstić information content (AvgIpc) is 2.69. The Morgan fingerprint density at radius 2 is 1.81 bits per heavy atom. The van der Waals surface area contributed by atoms with E-state index in [1.54, 1.807) is 12.1 Å². The highest BCUT2D eigenvalue weighted by Gasteiger charge is 2.33.